The van der Waals surface area contributed by atoms with Crippen molar-refractivity contribution >= 4 is 5.91 Å². The summed E-state index contributed by atoms with van der Waals surface area (Å²) in [5, 5.41) is 0. The summed E-state index contributed by atoms with van der Waals surface area (Å²) in [5.41, 5.74) is 3.92. The number of hydrogen-bond donors (Lipinski definition) is 0. The monoisotopic (exact) mass is 307 g/mol. The fraction of sp³-hybridized carbons (Fsp3) is 0.421. The summed E-state index contributed by atoms with van der Waals surface area (Å²) in [5.74, 6) is 1.06. The molecule has 4 rings (SSSR count). The molecule has 0 radical (unpaired) electrons. The molecule has 1 aromatic heterocycles. The Morgan fingerprint density at radius 2 is 2.00 bits per heavy atom. The molecule has 118 valence electrons. The van der Waals surface area contributed by atoms with Crippen molar-refractivity contribution in [1.82, 2.24) is 14.9 Å². The summed E-state index contributed by atoms with van der Waals surface area (Å²) in [6.07, 6.45) is 7.18. The van der Waals surface area contributed by atoms with Gasteiger partial charge in [-0.05, 0) is 42.5 Å². The fourth-order valence-electron chi connectivity index (χ4n) is 4.37. The minimum Gasteiger partial charge on any atom is -0.342 e. The normalized spacial score (nSPS) is 26.6. The van der Waals surface area contributed by atoms with Gasteiger partial charge in [0.2, 0.25) is 5.91 Å². The predicted octanol–water partition coefficient (Wildman–Crippen LogP) is 2.97. The second-order valence-corrected chi connectivity index (χ2v) is 6.92. The smallest absolute Gasteiger partial charge is 0.222 e. The lowest BCUT2D eigenvalue weighted by Gasteiger charge is -2.50. The van der Waals surface area contributed by atoms with Crippen LogP contribution in [0.25, 0.3) is 11.4 Å². The molecule has 1 aliphatic carbocycles. The molecule has 0 saturated carbocycles. The molecule has 1 aliphatic heterocycles. The van der Waals surface area contributed by atoms with Gasteiger partial charge in [0.15, 0.2) is 5.82 Å². The maximum absolute atomic E-state index is 12.1. The van der Waals surface area contributed by atoms with Gasteiger partial charge in [0, 0.05) is 42.9 Å². The number of carbonyl (C=O) groups excluding carboxylic acids is 1. The summed E-state index contributed by atoms with van der Waals surface area (Å²) in [7, 11) is 1.96. The van der Waals surface area contributed by atoms with E-state index in [4.69, 9.17) is 0 Å². The number of likely N-dealkylation sites (N-methyl/N-ethyl adjacent to an activating group) is 1. The third kappa shape index (κ3) is 2.16. The standard InChI is InChI=1S/C19H21N3O/c1-19-9-8-17(23)22(2)16(19)7-5-13-12-14(4-6-15(13)19)18-20-10-3-11-21-18/h3-4,6,10-12,16H,5,7-9H2,1-2H3/t16-,19?/m1/s1. The van der Waals surface area contributed by atoms with E-state index in [1.165, 1.54) is 11.1 Å². The van der Waals surface area contributed by atoms with Gasteiger partial charge < -0.3 is 4.90 Å². The summed E-state index contributed by atoms with van der Waals surface area (Å²) < 4.78 is 0. The first-order chi connectivity index (χ1) is 11.1. The molecule has 4 heteroatoms. The van der Waals surface area contributed by atoms with E-state index in [0.717, 1.165) is 30.7 Å². The van der Waals surface area contributed by atoms with Crippen molar-refractivity contribution in [2.75, 3.05) is 7.05 Å². The van der Waals surface area contributed by atoms with E-state index < -0.39 is 0 Å². The number of aryl methyl sites for hydroxylation is 1. The van der Waals surface area contributed by atoms with E-state index in [2.05, 4.69) is 35.1 Å². The van der Waals surface area contributed by atoms with Crippen LogP contribution in [0.3, 0.4) is 0 Å². The Kier molecular flexibility index (Phi) is 3.22. The van der Waals surface area contributed by atoms with Gasteiger partial charge in [0.05, 0.1) is 0 Å². The number of hydrogen-bond acceptors (Lipinski definition) is 3. The van der Waals surface area contributed by atoms with Gasteiger partial charge in [-0.15, -0.1) is 0 Å². The third-order valence-corrected chi connectivity index (χ3v) is 5.69. The zero-order valence-electron chi connectivity index (χ0n) is 13.6. The number of benzene rings is 1. The van der Waals surface area contributed by atoms with Gasteiger partial charge in [-0.25, -0.2) is 9.97 Å². The average molecular weight is 307 g/mol. The first-order valence-corrected chi connectivity index (χ1v) is 8.26. The van der Waals surface area contributed by atoms with Gasteiger partial charge in [-0.3, -0.25) is 4.79 Å². The summed E-state index contributed by atoms with van der Waals surface area (Å²) in [6.45, 7) is 2.32. The molecular formula is C19H21N3O. The molecule has 1 unspecified atom stereocenters. The number of likely N-dealkylation sites (tertiary alicyclic amines) is 1. The van der Waals surface area contributed by atoms with Crippen molar-refractivity contribution in [3.05, 3.63) is 47.8 Å². The van der Waals surface area contributed by atoms with Crippen molar-refractivity contribution in [3.8, 4) is 11.4 Å². The van der Waals surface area contributed by atoms with Crippen molar-refractivity contribution in [1.29, 1.82) is 0 Å². The van der Waals surface area contributed by atoms with Gasteiger partial charge >= 0.3 is 0 Å². The average Bonchev–Trinajstić information content (AvgIpc) is 2.59. The molecule has 0 N–H and O–H groups in total. The van der Waals surface area contributed by atoms with E-state index in [1.807, 2.05) is 18.0 Å². The van der Waals surface area contributed by atoms with Crippen LogP contribution in [0.2, 0.25) is 0 Å². The molecule has 1 saturated heterocycles. The van der Waals surface area contributed by atoms with E-state index in [-0.39, 0.29) is 11.3 Å². The molecule has 2 heterocycles. The van der Waals surface area contributed by atoms with Gasteiger partial charge in [-0.1, -0.05) is 19.1 Å². The van der Waals surface area contributed by atoms with Crippen LogP contribution in [-0.4, -0.2) is 33.9 Å². The number of fused-ring (bicyclic) bond motifs is 3. The van der Waals surface area contributed by atoms with Crippen LogP contribution in [0.5, 0.6) is 0 Å². The number of amides is 1. The Hall–Kier alpha value is -2.23. The molecule has 1 amide bonds. The van der Waals surface area contributed by atoms with Crippen molar-refractivity contribution in [2.45, 2.75) is 44.1 Å². The van der Waals surface area contributed by atoms with Crippen LogP contribution >= 0.6 is 0 Å². The Balaban J connectivity index is 1.76. The van der Waals surface area contributed by atoms with Gasteiger partial charge in [-0.2, -0.15) is 0 Å². The number of aromatic nitrogens is 2. The Labute approximate surface area is 136 Å². The van der Waals surface area contributed by atoms with Crippen molar-refractivity contribution in [3.63, 3.8) is 0 Å². The first-order valence-electron chi connectivity index (χ1n) is 8.26. The molecule has 23 heavy (non-hydrogen) atoms. The fourth-order valence-corrected chi connectivity index (χ4v) is 4.37. The highest BCUT2D eigenvalue weighted by Crippen LogP contribution is 2.46. The first kappa shape index (κ1) is 14.4. The van der Waals surface area contributed by atoms with Crippen molar-refractivity contribution in [2.24, 2.45) is 0 Å². The number of carbonyl (C=O) groups is 1. The van der Waals surface area contributed by atoms with Crippen LogP contribution in [0.1, 0.15) is 37.3 Å². The summed E-state index contributed by atoms with van der Waals surface area (Å²) in [6, 6.07) is 8.75. The molecule has 4 nitrogen and oxygen atoms in total. The molecular weight excluding hydrogens is 286 g/mol. The maximum Gasteiger partial charge on any atom is 0.222 e. The van der Waals surface area contributed by atoms with Crippen molar-refractivity contribution < 1.29 is 4.79 Å². The molecule has 0 bridgehead atoms. The molecule has 2 aromatic rings. The zero-order chi connectivity index (χ0) is 16.0. The molecule has 0 spiro atoms. The van der Waals surface area contributed by atoms with Crippen LogP contribution < -0.4 is 0 Å². The second-order valence-electron chi connectivity index (χ2n) is 6.92. The van der Waals surface area contributed by atoms with Crippen LogP contribution in [0.4, 0.5) is 0 Å². The Morgan fingerprint density at radius 1 is 1.22 bits per heavy atom. The quantitative estimate of drug-likeness (QED) is 0.813. The Bertz CT molecular complexity index is 758. The topological polar surface area (TPSA) is 46.1 Å². The maximum atomic E-state index is 12.1. The number of nitrogens with zero attached hydrogens (tertiary/aromatic N) is 3. The van der Waals surface area contributed by atoms with Crippen LogP contribution in [0.15, 0.2) is 36.7 Å². The highest BCUT2D eigenvalue weighted by molar-refractivity contribution is 5.78. The SMILES string of the molecule is CN1C(=O)CCC2(C)c3ccc(-c4ncccn4)cc3CC[C@@H]12. The van der Waals surface area contributed by atoms with E-state index in [9.17, 15) is 4.79 Å². The highest BCUT2D eigenvalue weighted by Gasteiger charge is 2.46. The van der Waals surface area contributed by atoms with E-state index in [1.54, 1.807) is 12.4 Å². The van der Waals surface area contributed by atoms with E-state index in [0.29, 0.717) is 12.5 Å². The Morgan fingerprint density at radius 3 is 2.78 bits per heavy atom. The predicted molar refractivity (Wildman–Crippen MR) is 88.9 cm³/mol. The number of piperidine rings is 1. The van der Waals surface area contributed by atoms with E-state index >= 15 is 0 Å². The molecule has 1 aromatic carbocycles. The lowest BCUT2D eigenvalue weighted by molar-refractivity contribution is -0.138. The highest BCUT2D eigenvalue weighted by atomic mass is 16.2. The minimum absolute atomic E-state index is 0.0618. The van der Waals surface area contributed by atoms with Gasteiger partial charge in [0.1, 0.15) is 0 Å². The lowest BCUT2D eigenvalue weighted by atomic mass is 9.63. The number of rotatable bonds is 1. The largest absolute Gasteiger partial charge is 0.342 e. The molecule has 1 fully saturated rings. The molecule has 2 aliphatic rings. The minimum atomic E-state index is 0.0618. The zero-order valence-corrected chi connectivity index (χ0v) is 13.6. The lowest BCUT2D eigenvalue weighted by Crippen LogP contribution is -2.56. The van der Waals surface area contributed by atoms with Crippen LogP contribution in [0, 0.1) is 0 Å². The molecule has 2 atom stereocenters. The second kappa shape index (κ2) is 5.15. The summed E-state index contributed by atoms with van der Waals surface area (Å²) in [4.78, 5) is 22.7. The van der Waals surface area contributed by atoms with Crippen LogP contribution in [-0.2, 0) is 16.6 Å². The third-order valence-electron chi connectivity index (χ3n) is 5.69. The van der Waals surface area contributed by atoms with Gasteiger partial charge in [0.25, 0.3) is 0 Å². The summed E-state index contributed by atoms with van der Waals surface area (Å²) >= 11 is 0.